The number of nitrogens with one attached hydrogen (secondary N) is 3. The molecular formula is C24H26N6O3. The van der Waals surface area contributed by atoms with Gasteiger partial charge >= 0.3 is 5.91 Å². The van der Waals surface area contributed by atoms with Crippen LogP contribution in [0.3, 0.4) is 0 Å². The standard InChI is InChI=1S/C24H26N6O3/c1-16(31)25-20(17-10-8-9-11-17)23(32)27-28-24(33)21-26-22(18-12-4-2-5-13-18)30(29-21)19-14-6-3-7-15-19/h2-7,12-15,17,20H,8-11H2,1H3,(H,25,31)(H,27,32)(H,28,33). The van der Waals surface area contributed by atoms with Gasteiger partial charge in [-0.15, -0.1) is 5.10 Å². The summed E-state index contributed by atoms with van der Waals surface area (Å²) >= 11 is 0. The number of benzene rings is 2. The lowest BCUT2D eigenvalue weighted by Gasteiger charge is -2.23. The molecule has 0 spiro atoms. The number of amides is 3. The third-order valence-electron chi connectivity index (χ3n) is 5.65. The summed E-state index contributed by atoms with van der Waals surface area (Å²) in [5, 5.41) is 7.08. The molecule has 3 amide bonds. The van der Waals surface area contributed by atoms with E-state index >= 15 is 0 Å². The second-order valence-corrected chi connectivity index (χ2v) is 8.04. The molecule has 1 aliphatic carbocycles. The first-order valence-corrected chi connectivity index (χ1v) is 11.0. The van der Waals surface area contributed by atoms with E-state index in [1.807, 2.05) is 60.7 Å². The third kappa shape index (κ3) is 5.25. The van der Waals surface area contributed by atoms with Crippen molar-refractivity contribution in [3.8, 4) is 17.1 Å². The van der Waals surface area contributed by atoms with Crippen molar-refractivity contribution in [3.05, 3.63) is 66.5 Å². The fraction of sp³-hybridized carbons (Fsp3) is 0.292. The van der Waals surface area contributed by atoms with Crippen molar-refractivity contribution in [1.29, 1.82) is 0 Å². The molecule has 170 valence electrons. The summed E-state index contributed by atoms with van der Waals surface area (Å²) in [5.74, 6) is -0.940. The summed E-state index contributed by atoms with van der Waals surface area (Å²) in [5.41, 5.74) is 6.36. The zero-order valence-electron chi connectivity index (χ0n) is 18.3. The quantitative estimate of drug-likeness (QED) is 0.503. The molecule has 3 aromatic rings. The molecule has 0 bridgehead atoms. The lowest BCUT2D eigenvalue weighted by Crippen LogP contribution is -2.54. The summed E-state index contributed by atoms with van der Waals surface area (Å²) in [6.45, 7) is 1.37. The van der Waals surface area contributed by atoms with Crippen LogP contribution in [0.1, 0.15) is 43.2 Å². The van der Waals surface area contributed by atoms with Gasteiger partial charge < -0.3 is 5.32 Å². The lowest BCUT2D eigenvalue weighted by atomic mass is 9.97. The molecule has 9 heteroatoms. The average molecular weight is 447 g/mol. The third-order valence-corrected chi connectivity index (χ3v) is 5.65. The van der Waals surface area contributed by atoms with E-state index in [0.717, 1.165) is 36.9 Å². The van der Waals surface area contributed by atoms with E-state index in [-0.39, 0.29) is 17.6 Å². The normalized spacial score (nSPS) is 14.5. The van der Waals surface area contributed by atoms with Crippen LogP contribution in [0, 0.1) is 5.92 Å². The molecule has 0 aliphatic heterocycles. The van der Waals surface area contributed by atoms with Crippen molar-refractivity contribution in [2.75, 3.05) is 0 Å². The highest BCUT2D eigenvalue weighted by Gasteiger charge is 2.31. The SMILES string of the molecule is CC(=O)NC(C(=O)NNC(=O)c1nc(-c2ccccc2)n(-c2ccccc2)n1)C1CCCC1. The van der Waals surface area contributed by atoms with Crippen LogP contribution < -0.4 is 16.2 Å². The van der Waals surface area contributed by atoms with Crippen molar-refractivity contribution < 1.29 is 14.4 Å². The second kappa shape index (κ2) is 10.1. The number of hydrogen-bond donors (Lipinski definition) is 3. The van der Waals surface area contributed by atoms with Crippen molar-refractivity contribution in [3.63, 3.8) is 0 Å². The largest absolute Gasteiger partial charge is 0.344 e. The molecule has 4 rings (SSSR count). The first-order chi connectivity index (χ1) is 16.0. The first kappa shape index (κ1) is 22.2. The minimum absolute atomic E-state index is 0.0471. The lowest BCUT2D eigenvalue weighted by molar-refractivity contribution is -0.129. The molecule has 1 aromatic heterocycles. The first-order valence-electron chi connectivity index (χ1n) is 11.0. The van der Waals surface area contributed by atoms with Gasteiger partial charge in [-0.05, 0) is 30.9 Å². The van der Waals surface area contributed by atoms with Gasteiger partial charge in [0.1, 0.15) is 6.04 Å². The number of nitrogens with zero attached hydrogens (tertiary/aromatic N) is 3. The van der Waals surface area contributed by atoms with Crippen molar-refractivity contribution in [2.24, 2.45) is 5.92 Å². The molecule has 0 saturated heterocycles. The van der Waals surface area contributed by atoms with Gasteiger partial charge in [0.25, 0.3) is 5.91 Å². The Hall–Kier alpha value is -4.01. The fourth-order valence-electron chi connectivity index (χ4n) is 4.09. The molecule has 0 radical (unpaired) electrons. The molecule has 33 heavy (non-hydrogen) atoms. The van der Waals surface area contributed by atoms with Crippen molar-refractivity contribution in [1.82, 2.24) is 30.9 Å². The maximum atomic E-state index is 12.8. The molecule has 1 atom stereocenters. The molecule has 1 fully saturated rings. The Morgan fingerprint density at radius 3 is 2.21 bits per heavy atom. The molecule has 3 N–H and O–H groups in total. The van der Waals surface area contributed by atoms with Crippen LogP contribution in [0.2, 0.25) is 0 Å². The van der Waals surface area contributed by atoms with Gasteiger partial charge in [-0.3, -0.25) is 25.2 Å². The Kier molecular flexibility index (Phi) is 6.77. The van der Waals surface area contributed by atoms with Crippen molar-refractivity contribution in [2.45, 2.75) is 38.6 Å². The van der Waals surface area contributed by atoms with E-state index in [9.17, 15) is 14.4 Å². The highest BCUT2D eigenvalue weighted by atomic mass is 16.2. The van der Waals surface area contributed by atoms with E-state index in [4.69, 9.17) is 0 Å². The summed E-state index contributed by atoms with van der Waals surface area (Å²) in [6, 6.07) is 18.1. The molecule has 1 unspecified atom stereocenters. The summed E-state index contributed by atoms with van der Waals surface area (Å²) in [7, 11) is 0. The Labute approximate surface area is 191 Å². The predicted molar refractivity (Wildman–Crippen MR) is 122 cm³/mol. The van der Waals surface area contributed by atoms with E-state index in [2.05, 4.69) is 26.3 Å². The molecule has 9 nitrogen and oxygen atoms in total. The van der Waals surface area contributed by atoms with Crippen LogP contribution in [-0.4, -0.2) is 38.5 Å². The van der Waals surface area contributed by atoms with Gasteiger partial charge in [0, 0.05) is 12.5 Å². The number of carbonyl (C=O) groups excluding carboxylic acids is 3. The minimum atomic E-state index is -0.694. The maximum absolute atomic E-state index is 12.8. The van der Waals surface area contributed by atoms with Gasteiger partial charge in [-0.25, -0.2) is 9.67 Å². The van der Waals surface area contributed by atoms with Crippen LogP contribution in [-0.2, 0) is 9.59 Å². The van der Waals surface area contributed by atoms with E-state index in [1.54, 1.807) is 4.68 Å². The number of hydrogen-bond acceptors (Lipinski definition) is 5. The maximum Gasteiger partial charge on any atom is 0.309 e. The molecule has 1 aliphatic rings. The Morgan fingerprint density at radius 1 is 0.939 bits per heavy atom. The van der Waals surface area contributed by atoms with Gasteiger partial charge in [-0.1, -0.05) is 61.4 Å². The number of para-hydroxylation sites is 1. The topological polar surface area (TPSA) is 118 Å². The highest BCUT2D eigenvalue weighted by Crippen LogP contribution is 2.28. The predicted octanol–water partition coefficient (Wildman–Crippen LogP) is 2.39. The van der Waals surface area contributed by atoms with Crippen LogP contribution in [0.25, 0.3) is 17.1 Å². The summed E-state index contributed by atoms with van der Waals surface area (Å²) < 4.78 is 1.59. The molecule has 2 aromatic carbocycles. The van der Waals surface area contributed by atoms with Crippen LogP contribution in [0.5, 0.6) is 0 Å². The molecule has 1 saturated carbocycles. The van der Waals surface area contributed by atoms with Crippen molar-refractivity contribution >= 4 is 17.7 Å². The van der Waals surface area contributed by atoms with E-state index in [1.165, 1.54) is 6.92 Å². The number of hydrazine groups is 1. The number of rotatable bonds is 6. The number of aromatic nitrogens is 3. The summed E-state index contributed by atoms with van der Waals surface area (Å²) in [4.78, 5) is 41.5. The average Bonchev–Trinajstić information content (AvgIpc) is 3.52. The van der Waals surface area contributed by atoms with Crippen LogP contribution in [0.4, 0.5) is 0 Å². The second-order valence-electron chi connectivity index (χ2n) is 8.04. The van der Waals surface area contributed by atoms with Crippen LogP contribution in [0.15, 0.2) is 60.7 Å². The Balaban J connectivity index is 1.53. The fourth-order valence-corrected chi connectivity index (χ4v) is 4.09. The smallest absolute Gasteiger partial charge is 0.309 e. The Morgan fingerprint density at radius 2 is 1.58 bits per heavy atom. The zero-order chi connectivity index (χ0) is 23.2. The van der Waals surface area contributed by atoms with Gasteiger partial charge in [0.2, 0.25) is 11.7 Å². The van der Waals surface area contributed by atoms with Gasteiger partial charge in [0.05, 0.1) is 5.69 Å². The number of carbonyl (C=O) groups is 3. The summed E-state index contributed by atoms with van der Waals surface area (Å²) in [6.07, 6.45) is 3.75. The van der Waals surface area contributed by atoms with Gasteiger partial charge in [0.15, 0.2) is 5.82 Å². The van der Waals surface area contributed by atoms with E-state index < -0.39 is 17.9 Å². The van der Waals surface area contributed by atoms with Gasteiger partial charge in [-0.2, -0.15) is 0 Å². The molecule has 1 heterocycles. The highest BCUT2D eigenvalue weighted by molar-refractivity contribution is 5.94. The monoisotopic (exact) mass is 446 g/mol. The van der Waals surface area contributed by atoms with E-state index in [0.29, 0.717) is 5.82 Å². The Bertz CT molecular complexity index is 1070. The minimum Gasteiger partial charge on any atom is -0.344 e. The zero-order valence-corrected chi connectivity index (χ0v) is 18.3. The van der Waals surface area contributed by atoms with Crippen LogP contribution >= 0.6 is 0 Å². The molecular weight excluding hydrogens is 420 g/mol.